The van der Waals surface area contributed by atoms with Gasteiger partial charge in [0.25, 0.3) is 0 Å². The van der Waals surface area contributed by atoms with Crippen molar-refractivity contribution in [2.75, 3.05) is 26.4 Å². The molecule has 0 spiro atoms. The van der Waals surface area contributed by atoms with Gasteiger partial charge in [0.1, 0.15) is 5.82 Å². The van der Waals surface area contributed by atoms with Crippen LogP contribution in [0.2, 0.25) is 0 Å². The van der Waals surface area contributed by atoms with E-state index in [2.05, 4.69) is 38.1 Å². The molecule has 1 heterocycles. The second kappa shape index (κ2) is 7.49. The maximum absolute atomic E-state index is 10.5. The average Bonchev–Trinajstić information content (AvgIpc) is 2.69. The molecule has 0 aliphatic rings. The highest BCUT2D eigenvalue weighted by Crippen LogP contribution is 2.21. The third-order valence-corrected chi connectivity index (χ3v) is 3.58. The average molecular weight is 286 g/mol. The number of hydrogen-bond acceptors (Lipinski definition) is 5. The molecular formula is C12H22N4O2S. The summed E-state index contributed by atoms with van der Waals surface area (Å²) in [5.74, 6) is 0.0179. The molecule has 0 aromatic carbocycles. The van der Waals surface area contributed by atoms with Gasteiger partial charge in [-0.1, -0.05) is 25.6 Å². The highest BCUT2D eigenvalue weighted by Gasteiger charge is 2.15. The number of thioether (sulfide) groups is 1. The van der Waals surface area contributed by atoms with Crippen LogP contribution in [-0.4, -0.2) is 47.1 Å². The van der Waals surface area contributed by atoms with Crippen LogP contribution in [0.4, 0.5) is 0 Å². The zero-order chi connectivity index (χ0) is 14.4. The summed E-state index contributed by atoms with van der Waals surface area (Å²) in [4.78, 5) is 11.9. The summed E-state index contributed by atoms with van der Waals surface area (Å²) in [7, 11) is 4.22. The number of hydrogen-bond donors (Lipinski definition) is 1. The first-order valence-corrected chi connectivity index (χ1v) is 7.45. The van der Waals surface area contributed by atoms with Gasteiger partial charge in [0, 0.05) is 24.6 Å². The summed E-state index contributed by atoms with van der Waals surface area (Å²) in [6, 6.07) is 0. The quantitative estimate of drug-likeness (QED) is 0.606. The number of carbonyl (C=O) groups is 1. The molecule has 0 aliphatic carbocycles. The van der Waals surface area contributed by atoms with Crippen molar-refractivity contribution in [2.24, 2.45) is 0 Å². The van der Waals surface area contributed by atoms with Gasteiger partial charge in [-0.15, -0.1) is 10.2 Å². The monoisotopic (exact) mass is 286 g/mol. The third kappa shape index (κ3) is 5.20. The standard InChI is InChI=1S/C12H22N4O2S/c1-9(2)11-13-14-12(19-8-10(17)18)16(11)7-5-6-15(3)4/h9H,5-8H2,1-4H3,(H,17,18). The van der Waals surface area contributed by atoms with Gasteiger partial charge in [0.05, 0.1) is 26.6 Å². The van der Waals surface area contributed by atoms with Gasteiger partial charge in [-0.3, -0.25) is 0 Å². The van der Waals surface area contributed by atoms with E-state index in [1.807, 2.05) is 4.57 Å². The van der Waals surface area contributed by atoms with Crippen LogP contribution >= 0.6 is 11.8 Å². The number of carboxylic acids is 1. The largest absolute Gasteiger partial charge is 0.549 e. The molecule has 0 bridgehead atoms. The number of carbonyl (C=O) groups excluding carboxylic acids is 1. The van der Waals surface area contributed by atoms with E-state index in [9.17, 15) is 9.90 Å². The first kappa shape index (κ1) is 16.0. The van der Waals surface area contributed by atoms with Crippen molar-refractivity contribution in [1.29, 1.82) is 0 Å². The Morgan fingerprint density at radius 1 is 1.42 bits per heavy atom. The first-order valence-electron chi connectivity index (χ1n) is 6.46. The van der Waals surface area contributed by atoms with E-state index in [0.29, 0.717) is 5.16 Å². The highest BCUT2D eigenvalue weighted by atomic mass is 32.2. The first-order chi connectivity index (χ1) is 8.91. The summed E-state index contributed by atoms with van der Waals surface area (Å²) in [6.45, 7) is 6.00. The fourth-order valence-corrected chi connectivity index (χ4v) is 2.44. The van der Waals surface area contributed by atoms with Crippen LogP contribution in [0, 0.1) is 0 Å². The maximum atomic E-state index is 10.5. The fraction of sp³-hybridized carbons (Fsp3) is 0.750. The van der Waals surface area contributed by atoms with Gasteiger partial charge in [-0.2, -0.15) is 0 Å². The Hall–Kier alpha value is -1.08. The number of nitrogens with zero attached hydrogens (tertiary/aromatic N) is 3. The smallest absolute Gasteiger partial charge is 0.191 e. The summed E-state index contributed by atoms with van der Waals surface area (Å²) in [5, 5.41) is 19.5. The van der Waals surface area contributed by atoms with Gasteiger partial charge in [0.15, 0.2) is 5.16 Å². The number of quaternary nitrogens is 1. The molecule has 0 saturated heterocycles. The van der Waals surface area contributed by atoms with E-state index in [-0.39, 0.29) is 11.7 Å². The van der Waals surface area contributed by atoms with E-state index in [0.717, 1.165) is 25.3 Å². The topological polar surface area (TPSA) is 75.3 Å². The molecule has 0 aliphatic heterocycles. The summed E-state index contributed by atoms with van der Waals surface area (Å²) >= 11 is 1.17. The third-order valence-electron chi connectivity index (χ3n) is 2.64. The maximum Gasteiger partial charge on any atom is 0.191 e. The van der Waals surface area contributed by atoms with Crippen molar-refractivity contribution in [1.82, 2.24) is 14.8 Å². The van der Waals surface area contributed by atoms with Crippen LogP contribution in [-0.2, 0) is 11.3 Å². The van der Waals surface area contributed by atoms with Crippen molar-refractivity contribution in [3.8, 4) is 0 Å². The van der Waals surface area contributed by atoms with Gasteiger partial charge in [-0.25, -0.2) is 0 Å². The van der Waals surface area contributed by atoms with Crippen molar-refractivity contribution in [3.63, 3.8) is 0 Å². The molecular weight excluding hydrogens is 264 g/mol. The zero-order valence-corrected chi connectivity index (χ0v) is 12.8. The molecule has 19 heavy (non-hydrogen) atoms. The Kier molecular flexibility index (Phi) is 6.30. The minimum absolute atomic E-state index is 0.0881. The van der Waals surface area contributed by atoms with Gasteiger partial charge >= 0.3 is 0 Å². The van der Waals surface area contributed by atoms with Gasteiger partial charge in [-0.05, 0) is 0 Å². The number of aliphatic carboxylic acids is 1. The molecule has 1 N–H and O–H groups in total. The predicted molar refractivity (Wildman–Crippen MR) is 72.1 cm³/mol. The molecule has 1 rings (SSSR count). The van der Waals surface area contributed by atoms with Crippen molar-refractivity contribution >= 4 is 17.7 Å². The van der Waals surface area contributed by atoms with Crippen LogP contribution in [0.3, 0.4) is 0 Å². The summed E-state index contributed by atoms with van der Waals surface area (Å²) in [5.41, 5.74) is 0. The number of rotatable bonds is 8. The van der Waals surface area contributed by atoms with Gasteiger partial charge in [0.2, 0.25) is 0 Å². The summed E-state index contributed by atoms with van der Waals surface area (Å²) < 4.78 is 2.03. The van der Waals surface area contributed by atoms with Crippen LogP contribution in [0.15, 0.2) is 5.16 Å². The Labute approximate surface area is 118 Å². The van der Waals surface area contributed by atoms with Crippen LogP contribution < -0.4 is 10.0 Å². The lowest BCUT2D eigenvalue weighted by Gasteiger charge is -2.13. The minimum atomic E-state index is -1.08. The molecule has 0 unspecified atom stereocenters. The molecule has 6 nitrogen and oxygen atoms in total. The van der Waals surface area contributed by atoms with Crippen LogP contribution in [0.5, 0.6) is 0 Å². The van der Waals surface area contributed by atoms with E-state index < -0.39 is 5.97 Å². The number of nitrogens with one attached hydrogen (secondary N) is 1. The second-order valence-corrected chi connectivity index (χ2v) is 6.06. The lowest BCUT2D eigenvalue weighted by molar-refractivity contribution is -0.858. The van der Waals surface area contributed by atoms with Crippen LogP contribution in [0.25, 0.3) is 0 Å². The van der Waals surface area contributed by atoms with E-state index in [1.165, 1.54) is 16.7 Å². The summed E-state index contributed by atoms with van der Waals surface area (Å²) in [6.07, 6.45) is 1.01. The molecule has 0 radical (unpaired) electrons. The Morgan fingerprint density at radius 2 is 2.11 bits per heavy atom. The van der Waals surface area contributed by atoms with E-state index in [1.54, 1.807) is 0 Å². The zero-order valence-electron chi connectivity index (χ0n) is 12.0. The lowest BCUT2D eigenvalue weighted by atomic mass is 10.2. The molecule has 108 valence electrons. The number of carboxylic acid groups (broad SMARTS) is 1. The minimum Gasteiger partial charge on any atom is -0.549 e. The normalized spacial score (nSPS) is 11.5. The highest BCUT2D eigenvalue weighted by molar-refractivity contribution is 7.99. The molecule has 7 heteroatoms. The molecule has 1 aromatic heterocycles. The molecule has 0 fully saturated rings. The Balaban J connectivity index is 2.76. The SMILES string of the molecule is CC(C)c1nnc(SCC(=O)[O-])n1CCC[NH+](C)C. The number of aromatic nitrogens is 3. The molecule has 0 saturated carbocycles. The Bertz CT molecular complexity index is 418. The van der Waals surface area contributed by atoms with E-state index >= 15 is 0 Å². The fourth-order valence-electron chi connectivity index (χ4n) is 1.76. The second-order valence-electron chi connectivity index (χ2n) is 5.12. The molecule has 0 amide bonds. The van der Waals surface area contributed by atoms with Crippen LogP contribution in [0.1, 0.15) is 32.0 Å². The lowest BCUT2D eigenvalue weighted by Crippen LogP contribution is -3.05. The van der Waals surface area contributed by atoms with Crippen molar-refractivity contribution in [3.05, 3.63) is 5.82 Å². The van der Waals surface area contributed by atoms with Crippen molar-refractivity contribution in [2.45, 2.75) is 37.9 Å². The van der Waals surface area contributed by atoms with Gasteiger partial charge < -0.3 is 19.4 Å². The van der Waals surface area contributed by atoms with E-state index in [4.69, 9.17) is 0 Å². The molecule has 1 aromatic rings. The Morgan fingerprint density at radius 3 is 2.63 bits per heavy atom. The van der Waals surface area contributed by atoms with Crippen molar-refractivity contribution < 1.29 is 14.8 Å². The molecule has 0 atom stereocenters. The predicted octanol–water partition coefficient (Wildman–Crippen LogP) is -1.22.